The Balaban J connectivity index is 2.51. The van der Waals surface area contributed by atoms with E-state index in [0.29, 0.717) is 0 Å². The van der Waals surface area contributed by atoms with E-state index in [1.54, 1.807) is 0 Å². The van der Waals surface area contributed by atoms with Gasteiger partial charge in [0.25, 0.3) is 0 Å². The van der Waals surface area contributed by atoms with Gasteiger partial charge in [-0.15, -0.1) is 0 Å². The van der Waals surface area contributed by atoms with Crippen molar-refractivity contribution in [2.45, 2.75) is 39.5 Å². The van der Waals surface area contributed by atoms with Gasteiger partial charge < -0.3 is 4.74 Å². The molecule has 0 radical (unpaired) electrons. The molecule has 0 saturated carbocycles. The molecule has 0 aromatic heterocycles. The molecule has 0 amide bonds. The van der Waals surface area contributed by atoms with Crippen molar-refractivity contribution >= 4 is 5.97 Å². The van der Waals surface area contributed by atoms with Crippen LogP contribution in [0.1, 0.15) is 37.3 Å². The highest BCUT2D eigenvalue weighted by molar-refractivity contribution is 5.72. The van der Waals surface area contributed by atoms with Crippen LogP contribution in [0.3, 0.4) is 0 Å². The molecule has 0 aliphatic carbocycles. The van der Waals surface area contributed by atoms with Gasteiger partial charge in [0.05, 0.1) is 13.0 Å². The molecule has 1 atom stereocenters. The van der Waals surface area contributed by atoms with Crippen molar-refractivity contribution in [1.82, 2.24) is 0 Å². The normalized spacial score (nSPS) is 12.2. The first-order valence-electron chi connectivity index (χ1n) is 6.30. The highest BCUT2D eigenvalue weighted by Crippen LogP contribution is 2.17. The van der Waals surface area contributed by atoms with Crippen molar-refractivity contribution < 1.29 is 9.53 Å². The highest BCUT2D eigenvalue weighted by atomic mass is 16.5. The van der Waals surface area contributed by atoms with Crippen LogP contribution >= 0.6 is 0 Å². The summed E-state index contributed by atoms with van der Waals surface area (Å²) in [6, 6.07) is 8.50. The largest absolute Gasteiger partial charge is 0.469 e. The fourth-order valence-corrected chi connectivity index (χ4v) is 1.99. The van der Waals surface area contributed by atoms with Crippen LogP contribution in [0, 0.1) is 12.8 Å². The van der Waals surface area contributed by atoms with E-state index in [1.165, 1.54) is 18.2 Å². The van der Waals surface area contributed by atoms with E-state index in [4.69, 9.17) is 4.74 Å². The van der Waals surface area contributed by atoms with Gasteiger partial charge in [0, 0.05) is 0 Å². The first kappa shape index (κ1) is 13.8. The number of hydrogen-bond acceptors (Lipinski definition) is 2. The lowest BCUT2D eigenvalue weighted by Gasteiger charge is -2.13. The first-order valence-corrected chi connectivity index (χ1v) is 6.30. The van der Waals surface area contributed by atoms with Gasteiger partial charge in [0.15, 0.2) is 0 Å². The van der Waals surface area contributed by atoms with E-state index >= 15 is 0 Å². The van der Waals surface area contributed by atoms with Crippen molar-refractivity contribution in [3.63, 3.8) is 0 Å². The van der Waals surface area contributed by atoms with E-state index in [2.05, 4.69) is 38.1 Å². The quantitative estimate of drug-likeness (QED) is 0.704. The molecular weight excluding hydrogens is 212 g/mol. The maximum absolute atomic E-state index is 11.6. The van der Waals surface area contributed by atoms with Gasteiger partial charge >= 0.3 is 5.97 Å². The van der Waals surface area contributed by atoms with Crippen molar-refractivity contribution in [2.75, 3.05) is 7.11 Å². The Morgan fingerprint density at radius 2 is 1.88 bits per heavy atom. The maximum Gasteiger partial charge on any atom is 0.308 e. The molecule has 17 heavy (non-hydrogen) atoms. The van der Waals surface area contributed by atoms with Crippen molar-refractivity contribution in [1.29, 1.82) is 0 Å². The lowest BCUT2D eigenvalue weighted by molar-refractivity contribution is -0.145. The van der Waals surface area contributed by atoms with Crippen LogP contribution in [-0.4, -0.2) is 13.1 Å². The summed E-state index contributed by atoms with van der Waals surface area (Å²) < 4.78 is 4.83. The van der Waals surface area contributed by atoms with Crippen LogP contribution in [0.5, 0.6) is 0 Å². The summed E-state index contributed by atoms with van der Waals surface area (Å²) in [5.41, 5.74) is 2.56. The maximum atomic E-state index is 11.6. The zero-order chi connectivity index (χ0) is 12.7. The SMILES string of the molecule is CCCC(CCc1ccc(C)cc1)C(=O)OC. The van der Waals surface area contributed by atoms with Crippen LogP contribution in [-0.2, 0) is 16.0 Å². The van der Waals surface area contributed by atoms with E-state index in [0.717, 1.165) is 25.7 Å². The Morgan fingerprint density at radius 1 is 1.24 bits per heavy atom. The summed E-state index contributed by atoms with van der Waals surface area (Å²) in [5.74, 6) is -0.0229. The molecule has 1 unspecified atom stereocenters. The standard InChI is InChI=1S/C15H22O2/c1-4-5-14(15(16)17-3)11-10-13-8-6-12(2)7-9-13/h6-9,14H,4-5,10-11H2,1-3H3. The average Bonchev–Trinajstić information content (AvgIpc) is 2.35. The predicted octanol–water partition coefficient (Wildman–Crippen LogP) is 3.52. The molecule has 0 spiro atoms. The van der Waals surface area contributed by atoms with Crippen molar-refractivity contribution in [3.05, 3.63) is 35.4 Å². The minimum Gasteiger partial charge on any atom is -0.469 e. The Kier molecular flexibility index (Phi) is 5.75. The highest BCUT2D eigenvalue weighted by Gasteiger charge is 2.17. The van der Waals surface area contributed by atoms with Gasteiger partial charge in [-0.1, -0.05) is 43.2 Å². The topological polar surface area (TPSA) is 26.3 Å². The zero-order valence-electron chi connectivity index (χ0n) is 11.0. The summed E-state index contributed by atoms with van der Waals surface area (Å²) in [7, 11) is 1.47. The number of hydrogen-bond donors (Lipinski definition) is 0. The summed E-state index contributed by atoms with van der Waals surface area (Å²) in [4.78, 5) is 11.6. The Hall–Kier alpha value is -1.31. The number of esters is 1. The molecule has 2 nitrogen and oxygen atoms in total. The molecule has 2 heteroatoms. The van der Waals surface area contributed by atoms with E-state index in [-0.39, 0.29) is 11.9 Å². The number of ether oxygens (including phenoxy) is 1. The first-order chi connectivity index (χ1) is 8.17. The minimum atomic E-state index is -0.0704. The third-order valence-corrected chi connectivity index (χ3v) is 3.07. The molecule has 94 valence electrons. The number of aryl methyl sites for hydroxylation is 2. The van der Waals surface area contributed by atoms with E-state index in [9.17, 15) is 4.79 Å². The second-order valence-electron chi connectivity index (χ2n) is 4.53. The predicted molar refractivity (Wildman–Crippen MR) is 69.9 cm³/mol. The molecule has 1 aromatic rings. The number of methoxy groups -OCH3 is 1. The van der Waals surface area contributed by atoms with E-state index < -0.39 is 0 Å². The molecule has 0 bridgehead atoms. The van der Waals surface area contributed by atoms with Crippen LogP contribution < -0.4 is 0 Å². The molecule has 0 fully saturated rings. The Bertz CT molecular complexity index is 340. The van der Waals surface area contributed by atoms with Gasteiger partial charge in [-0.05, 0) is 31.7 Å². The summed E-state index contributed by atoms with van der Waals surface area (Å²) in [5, 5.41) is 0. The van der Waals surface area contributed by atoms with Gasteiger partial charge in [-0.2, -0.15) is 0 Å². The zero-order valence-corrected chi connectivity index (χ0v) is 11.0. The summed E-state index contributed by atoms with van der Waals surface area (Å²) >= 11 is 0. The summed E-state index contributed by atoms with van der Waals surface area (Å²) in [6.07, 6.45) is 3.76. The smallest absolute Gasteiger partial charge is 0.308 e. The third-order valence-electron chi connectivity index (χ3n) is 3.07. The van der Waals surface area contributed by atoms with Crippen LogP contribution in [0.4, 0.5) is 0 Å². The lowest BCUT2D eigenvalue weighted by atomic mass is 9.95. The lowest BCUT2D eigenvalue weighted by Crippen LogP contribution is -2.16. The number of carbonyl (C=O) groups is 1. The van der Waals surface area contributed by atoms with Gasteiger partial charge in [0.1, 0.15) is 0 Å². The summed E-state index contributed by atoms with van der Waals surface area (Å²) in [6.45, 7) is 4.18. The molecule has 1 aromatic carbocycles. The molecule has 1 rings (SSSR count). The molecule has 0 aliphatic heterocycles. The molecule has 0 N–H and O–H groups in total. The molecular formula is C15H22O2. The third kappa shape index (κ3) is 4.59. The average molecular weight is 234 g/mol. The molecule has 0 saturated heterocycles. The monoisotopic (exact) mass is 234 g/mol. The van der Waals surface area contributed by atoms with Gasteiger partial charge in [0.2, 0.25) is 0 Å². The minimum absolute atomic E-state index is 0.0475. The number of benzene rings is 1. The van der Waals surface area contributed by atoms with Crippen LogP contribution in [0.2, 0.25) is 0 Å². The van der Waals surface area contributed by atoms with Crippen molar-refractivity contribution in [2.24, 2.45) is 5.92 Å². The van der Waals surface area contributed by atoms with Crippen LogP contribution in [0.15, 0.2) is 24.3 Å². The number of carbonyl (C=O) groups excluding carboxylic acids is 1. The number of rotatable bonds is 6. The van der Waals surface area contributed by atoms with E-state index in [1.807, 2.05) is 0 Å². The molecule has 0 heterocycles. The second kappa shape index (κ2) is 7.10. The second-order valence-corrected chi connectivity index (χ2v) is 4.53. The van der Waals surface area contributed by atoms with Crippen molar-refractivity contribution in [3.8, 4) is 0 Å². The van der Waals surface area contributed by atoms with Gasteiger partial charge in [-0.3, -0.25) is 4.79 Å². The Labute approximate surface area is 104 Å². The van der Waals surface area contributed by atoms with Gasteiger partial charge in [-0.25, -0.2) is 0 Å². The fourth-order valence-electron chi connectivity index (χ4n) is 1.99. The van der Waals surface area contributed by atoms with Crippen LogP contribution in [0.25, 0.3) is 0 Å². The fraction of sp³-hybridized carbons (Fsp3) is 0.533. The molecule has 0 aliphatic rings. The Morgan fingerprint density at radius 3 is 2.41 bits per heavy atom.